The van der Waals surface area contributed by atoms with Crippen molar-refractivity contribution in [3.63, 3.8) is 0 Å². The van der Waals surface area contributed by atoms with Gasteiger partial charge in [0, 0.05) is 32.0 Å². The zero-order valence-corrected chi connectivity index (χ0v) is 14.7. The van der Waals surface area contributed by atoms with Crippen molar-refractivity contribution in [2.75, 3.05) is 18.5 Å². The fraction of sp³-hybridized carbons (Fsp3) is 0.333. The second-order valence-electron chi connectivity index (χ2n) is 6.15. The minimum Gasteiger partial charge on any atom is -0.368 e. The van der Waals surface area contributed by atoms with E-state index in [-0.39, 0.29) is 12.1 Å². The Morgan fingerprint density at radius 2 is 2.22 bits per heavy atom. The first-order chi connectivity index (χ1) is 13.3. The molecule has 2 N–H and O–H groups in total. The highest BCUT2D eigenvalue weighted by molar-refractivity contribution is 5.91. The molecule has 9 heteroatoms. The molecule has 3 aromatic rings. The molecule has 1 aliphatic rings. The van der Waals surface area contributed by atoms with Crippen LogP contribution in [-0.4, -0.2) is 39.1 Å². The normalized spacial score (nSPS) is 16.4. The van der Waals surface area contributed by atoms with E-state index in [2.05, 4.69) is 25.9 Å². The highest BCUT2D eigenvalue weighted by atomic mass is 16.5. The smallest absolute Gasteiger partial charge is 0.319 e. The van der Waals surface area contributed by atoms with Gasteiger partial charge in [0.05, 0.1) is 11.4 Å². The molecule has 1 fully saturated rings. The van der Waals surface area contributed by atoms with Gasteiger partial charge >= 0.3 is 6.03 Å². The molecule has 2 aromatic heterocycles. The van der Waals surface area contributed by atoms with E-state index in [0.717, 1.165) is 25.1 Å². The third-order valence-electron chi connectivity index (χ3n) is 4.23. The summed E-state index contributed by atoms with van der Waals surface area (Å²) in [5.41, 5.74) is 1.45. The Bertz CT molecular complexity index is 886. The van der Waals surface area contributed by atoms with Gasteiger partial charge in [0.15, 0.2) is 5.82 Å². The molecule has 1 aromatic carbocycles. The average molecular weight is 368 g/mol. The first-order valence-corrected chi connectivity index (χ1v) is 8.87. The molecule has 0 spiro atoms. The van der Waals surface area contributed by atoms with Crippen LogP contribution in [0.4, 0.5) is 10.5 Å². The number of urea groups is 1. The van der Waals surface area contributed by atoms with Crippen LogP contribution in [0.5, 0.6) is 0 Å². The van der Waals surface area contributed by atoms with Crippen molar-refractivity contribution < 1.29 is 14.1 Å². The number of nitrogens with one attached hydrogen (secondary N) is 2. The number of ether oxygens (including phenoxy) is 1. The van der Waals surface area contributed by atoms with E-state index in [1.807, 2.05) is 36.5 Å². The van der Waals surface area contributed by atoms with Crippen LogP contribution in [0.3, 0.4) is 0 Å². The Labute approximate surface area is 155 Å². The summed E-state index contributed by atoms with van der Waals surface area (Å²) in [5, 5.41) is 13.8. The molecular formula is C18H20N6O3. The second-order valence-corrected chi connectivity index (χ2v) is 6.15. The summed E-state index contributed by atoms with van der Waals surface area (Å²) in [4.78, 5) is 16.5. The molecule has 0 radical (unpaired) electrons. The van der Waals surface area contributed by atoms with Crippen molar-refractivity contribution in [1.29, 1.82) is 0 Å². The molecule has 0 bridgehead atoms. The van der Waals surface area contributed by atoms with Gasteiger partial charge in [-0.3, -0.25) is 0 Å². The molecule has 1 aliphatic heterocycles. The van der Waals surface area contributed by atoms with Crippen molar-refractivity contribution in [2.45, 2.75) is 25.4 Å². The summed E-state index contributed by atoms with van der Waals surface area (Å²) in [6.07, 6.45) is 5.79. The Morgan fingerprint density at radius 3 is 3.04 bits per heavy atom. The molecular weight excluding hydrogens is 348 g/mol. The molecule has 1 atom stereocenters. The van der Waals surface area contributed by atoms with E-state index in [4.69, 9.17) is 9.26 Å². The third kappa shape index (κ3) is 4.14. The van der Waals surface area contributed by atoms with Gasteiger partial charge in [-0.15, -0.1) is 0 Å². The summed E-state index contributed by atoms with van der Waals surface area (Å²) in [6, 6.07) is 8.97. The van der Waals surface area contributed by atoms with Crippen molar-refractivity contribution in [3.05, 3.63) is 54.4 Å². The predicted molar refractivity (Wildman–Crippen MR) is 96.5 cm³/mol. The number of rotatable bonds is 6. The Hall–Kier alpha value is -3.20. The number of hydrogen-bond acceptors (Lipinski definition) is 6. The Balaban J connectivity index is 1.29. The van der Waals surface area contributed by atoms with Crippen LogP contribution < -0.4 is 10.6 Å². The third-order valence-corrected chi connectivity index (χ3v) is 4.23. The minimum absolute atomic E-state index is 0.0960. The average Bonchev–Trinajstić information content (AvgIpc) is 3.44. The van der Waals surface area contributed by atoms with Crippen molar-refractivity contribution in [2.24, 2.45) is 0 Å². The van der Waals surface area contributed by atoms with Gasteiger partial charge in [0.2, 0.25) is 0 Å². The summed E-state index contributed by atoms with van der Waals surface area (Å²) >= 11 is 0. The van der Waals surface area contributed by atoms with Crippen molar-refractivity contribution in [3.8, 4) is 5.69 Å². The van der Waals surface area contributed by atoms with Crippen LogP contribution >= 0.6 is 0 Å². The topological polar surface area (TPSA) is 107 Å². The van der Waals surface area contributed by atoms with Gasteiger partial charge < -0.3 is 19.9 Å². The maximum Gasteiger partial charge on any atom is 0.319 e. The molecule has 4 rings (SSSR count). The molecule has 9 nitrogen and oxygen atoms in total. The van der Waals surface area contributed by atoms with E-state index in [1.165, 1.54) is 0 Å². The van der Waals surface area contributed by atoms with E-state index >= 15 is 0 Å². The lowest BCUT2D eigenvalue weighted by molar-refractivity contribution is 0.0835. The fourth-order valence-corrected chi connectivity index (χ4v) is 2.92. The van der Waals surface area contributed by atoms with Gasteiger partial charge in [-0.25, -0.2) is 9.48 Å². The number of hydrogen-bond donors (Lipinski definition) is 2. The Kier molecular flexibility index (Phi) is 5.10. The molecule has 140 valence electrons. The number of nitrogens with zero attached hydrogens (tertiary/aromatic N) is 4. The second kappa shape index (κ2) is 8.00. The van der Waals surface area contributed by atoms with Crippen LogP contribution in [-0.2, 0) is 11.2 Å². The van der Waals surface area contributed by atoms with E-state index in [1.54, 1.807) is 10.9 Å². The number of anilines is 1. The molecule has 2 amide bonds. The highest BCUT2D eigenvalue weighted by Gasteiger charge is 2.23. The molecule has 1 saturated heterocycles. The van der Waals surface area contributed by atoms with Crippen LogP contribution in [0.2, 0.25) is 0 Å². The summed E-state index contributed by atoms with van der Waals surface area (Å²) in [7, 11) is 0. The summed E-state index contributed by atoms with van der Waals surface area (Å²) in [6.45, 7) is 1.12. The number of carbonyl (C=O) groups is 1. The number of amides is 2. The number of carbonyl (C=O) groups excluding carboxylic acids is 1. The quantitative estimate of drug-likeness (QED) is 0.692. The van der Waals surface area contributed by atoms with Crippen molar-refractivity contribution >= 4 is 11.7 Å². The standard InChI is InChI=1S/C18H20N6O3/c25-18(21-13-5-1-2-6-14(13)24-11-4-9-20-24)19-10-8-16-22-17(27-23-16)15-7-3-12-26-15/h1-2,4-6,9,11,15H,3,7-8,10,12H2,(H2,19,21,25)/t15-/m0/s1. The van der Waals surface area contributed by atoms with E-state index in [9.17, 15) is 4.79 Å². The molecule has 0 saturated carbocycles. The predicted octanol–water partition coefficient (Wildman–Crippen LogP) is 2.47. The SMILES string of the molecule is O=C(NCCc1noc([C@@H]2CCCO2)n1)Nc1ccccc1-n1cccn1. The van der Waals surface area contributed by atoms with Crippen LogP contribution in [0.25, 0.3) is 5.69 Å². The van der Waals surface area contributed by atoms with Gasteiger partial charge in [0.1, 0.15) is 6.10 Å². The maximum absolute atomic E-state index is 12.2. The molecule has 27 heavy (non-hydrogen) atoms. The zero-order chi connectivity index (χ0) is 18.5. The van der Waals surface area contributed by atoms with Gasteiger partial charge in [-0.1, -0.05) is 17.3 Å². The molecule has 0 unspecified atom stereocenters. The number of benzene rings is 1. The lowest BCUT2D eigenvalue weighted by Gasteiger charge is -2.11. The summed E-state index contributed by atoms with van der Waals surface area (Å²) in [5.74, 6) is 1.07. The van der Waals surface area contributed by atoms with Crippen LogP contribution in [0.15, 0.2) is 47.2 Å². The first-order valence-electron chi connectivity index (χ1n) is 8.87. The molecule has 3 heterocycles. The lowest BCUT2D eigenvalue weighted by Crippen LogP contribution is -2.31. The first kappa shape index (κ1) is 17.2. The van der Waals surface area contributed by atoms with E-state index in [0.29, 0.717) is 30.4 Å². The largest absolute Gasteiger partial charge is 0.368 e. The van der Waals surface area contributed by atoms with Gasteiger partial charge in [-0.2, -0.15) is 10.1 Å². The number of aromatic nitrogens is 4. The lowest BCUT2D eigenvalue weighted by atomic mass is 10.2. The molecule has 0 aliphatic carbocycles. The minimum atomic E-state index is -0.308. The van der Waals surface area contributed by atoms with Crippen molar-refractivity contribution in [1.82, 2.24) is 25.2 Å². The highest BCUT2D eigenvalue weighted by Crippen LogP contribution is 2.26. The van der Waals surface area contributed by atoms with Crippen LogP contribution in [0, 0.1) is 0 Å². The fourth-order valence-electron chi connectivity index (χ4n) is 2.92. The maximum atomic E-state index is 12.2. The van der Waals surface area contributed by atoms with Gasteiger partial charge in [-0.05, 0) is 31.0 Å². The Morgan fingerprint density at radius 1 is 1.30 bits per heavy atom. The van der Waals surface area contributed by atoms with Crippen LogP contribution in [0.1, 0.15) is 30.7 Å². The summed E-state index contributed by atoms with van der Waals surface area (Å²) < 4.78 is 12.5. The number of para-hydroxylation sites is 2. The van der Waals surface area contributed by atoms with E-state index < -0.39 is 0 Å². The zero-order valence-electron chi connectivity index (χ0n) is 14.7. The monoisotopic (exact) mass is 368 g/mol. The van der Waals surface area contributed by atoms with Gasteiger partial charge in [0.25, 0.3) is 5.89 Å².